The van der Waals surface area contributed by atoms with Gasteiger partial charge >= 0.3 is 0 Å². The molecule has 1 aliphatic heterocycles. The van der Waals surface area contributed by atoms with Gasteiger partial charge in [0.25, 0.3) is 0 Å². The van der Waals surface area contributed by atoms with Crippen molar-refractivity contribution < 1.29 is 17.9 Å². The zero-order valence-electron chi connectivity index (χ0n) is 13.3. The van der Waals surface area contributed by atoms with Crippen LogP contribution in [0.2, 0.25) is 0 Å². The summed E-state index contributed by atoms with van der Waals surface area (Å²) in [6.07, 6.45) is 0. The van der Waals surface area contributed by atoms with Gasteiger partial charge in [-0.2, -0.15) is 4.37 Å². The molecule has 0 bridgehead atoms. The molecular weight excluding hydrogens is 360 g/mol. The maximum absolute atomic E-state index is 12.7. The number of fused-ring (bicyclic) bond motifs is 1. The van der Waals surface area contributed by atoms with Crippen molar-refractivity contribution in [2.24, 2.45) is 0 Å². The SMILES string of the molecule is Cc1ccc(S(=O)(=O)c2nc(-c3ccc4c(c3)OCCO4)ns2)cc1. The molecule has 3 aromatic rings. The van der Waals surface area contributed by atoms with Gasteiger partial charge in [-0.25, -0.2) is 13.4 Å². The first-order chi connectivity index (χ1) is 12.0. The minimum atomic E-state index is -3.67. The predicted molar refractivity (Wildman–Crippen MR) is 93.0 cm³/mol. The highest BCUT2D eigenvalue weighted by molar-refractivity contribution is 7.93. The minimum Gasteiger partial charge on any atom is -0.486 e. The molecule has 0 amide bonds. The first-order valence-electron chi connectivity index (χ1n) is 7.59. The van der Waals surface area contributed by atoms with Crippen LogP contribution in [0.3, 0.4) is 0 Å². The van der Waals surface area contributed by atoms with Crippen LogP contribution >= 0.6 is 11.5 Å². The molecule has 0 unspecified atom stereocenters. The van der Waals surface area contributed by atoms with Gasteiger partial charge in [0.2, 0.25) is 14.2 Å². The lowest BCUT2D eigenvalue weighted by Gasteiger charge is -2.18. The number of hydrogen-bond acceptors (Lipinski definition) is 7. The van der Waals surface area contributed by atoms with E-state index in [0.29, 0.717) is 36.1 Å². The average molecular weight is 374 g/mol. The number of aromatic nitrogens is 2. The Morgan fingerprint density at radius 2 is 1.72 bits per heavy atom. The van der Waals surface area contributed by atoms with Crippen molar-refractivity contribution in [2.75, 3.05) is 13.2 Å². The third-order valence-electron chi connectivity index (χ3n) is 3.77. The average Bonchev–Trinajstić information content (AvgIpc) is 3.13. The molecule has 1 aromatic heterocycles. The second-order valence-electron chi connectivity index (χ2n) is 5.56. The van der Waals surface area contributed by atoms with Crippen molar-refractivity contribution in [2.45, 2.75) is 16.2 Å². The monoisotopic (exact) mass is 374 g/mol. The highest BCUT2D eigenvalue weighted by atomic mass is 32.2. The summed E-state index contributed by atoms with van der Waals surface area (Å²) >= 11 is 0.867. The Hall–Kier alpha value is -2.45. The molecule has 0 radical (unpaired) electrons. The number of rotatable bonds is 3. The predicted octanol–water partition coefficient (Wildman–Crippen LogP) is 3.12. The molecule has 0 saturated heterocycles. The molecule has 0 atom stereocenters. The molecule has 0 fully saturated rings. The van der Waals surface area contributed by atoms with E-state index in [4.69, 9.17) is 9.47 Å². The summed E-state index contributed by atoms with van der Waals surface area (Å²) in [6, 6.07) is 12.0. The van der Waals surface area contributed by atoms with E-state index in [1.807, 2.05) is 6.92 Å². The Labute approximate surface area is 149 Å². The Kier molecular flexibility index (Phi) is 3.93. The molecule has 0 spiro atoms. The summed E-state index contributed by atoms with van der Waals surface area (Å²) in [5, 5.41) is 0. The van der Waals surface area contributed by atoms with Crippen LogP contribution in [0.1, 0.15) is 5.56 Å². The van der Waals surface area contributed by atoms with E-state index in [1.54, 1.807) is 42.5 Å². The summed E-state index contributed by atoms with van der Waals surface area (Å²) < 4.78 is 40.6. The van der Waals surface area contributed by atoms with Gasteiger partial charge in [0.15, 0.2) is 17.3 Å². The molecule has 0 N–H and O–H groups in total. The Balaban J connectivity index is 1.69. The highest BCUT2D eigenvalue weighted by Gasteiger charge is 2.23. The van der Waals surface area contributed by atoms with Crippen molar-refractivity contribution in [3.63, 3.8) is 0 Å². The summed E-state index contributed by atoms with van der Waals surface area (Å²) in [7, 11) is -3.67. The third-order valence-corrected chi connectivity index (χ3v) is 6.61. The summed E-state index contributed by atoms with van der Waals surface area (Å²) in [5.74, 6) is 1.63. The van der Waals surface area contributed by atoms with Crippen LogP contribution in [0.25, 0.3) is 11.4 Å². The van der Waals surface area contributed by atoms with Gasteiger partial charge in [-0.15, -0.1) is 0 Å². The van der Waals surface area contributed by atoms with E-state index in [-0.39, 0.29) is 9.24 Å². The van der Waals surface area contributed by atoms with Crippen LogP contribution in [0, 0.1) is 6.92 Å². The lowest BCUT2D eigenvalue weighted by atomic mass is 10.2. The molecule has 6 nitrogen and oxygen atoms in total. The zero-order chi connectivity index (χ0) is 17.4. The fourth-order valence-electron chi connectivity index (χ4n) is 2.44. The molecular formula is C17H14N2O4S2. The molecule has 0 saturated carbocycles. The second kappa shape index (κ2) is 6.12. The van der Waals surface area contributed by atoms with E-state index in [0.717, 1.165) is 17.1 Å². The molecule has 0 aliphatic carbocycles. The summed E-state index contributed by atoms with van der Waals surface area (Å²) in [6.45, 7) is 2.90. The maximum atomic E-state index is 12.7. The molecule has 4 rings (SSSR count). The van der Waals surface area contributed by atoms with Crippen molar-refractivity contribution in [1.29, 1.82) is 0 Å². The van der Waals surface area contributed by atoms with E-state index in [1.165, 1.54) is 0 Å². The van der Waals surface area contributed by atoms with Gasteiger partial charge in [0, 0.05) is 5.56 Å². The first-order valence-corrected chi connectivity index (χ1v) is 9.85. The maximum Gasteiger partial charge on any atom is 0.235 e. The second-order valence-corrected chi connectivity index (χ2v) is 8.43. The number of ether oxygens (including phenoxy) is 2. The molecule has 2 heterocycles. The van der Waals surface area contributed by atoms with E-state index in [9.17, 15) is 8.42 Å². The lowest BCUT2D eigenvalue weighted by molar-refractivity contribution is 0.171. The van der Waals surface area contributed by atoms with E-state index >= 15 is 0 Å². The van der Waals surface area contributed by atoms with Crippen LogP contribution < -0.4 is 9.47 Å². The summed E-state index contributed by atoms with van der Waals surface area (Å²) in [4.78, 5) is 4.43. The molecule has 1 aliphatic rings. The molecule has 8 heteroatoms. The fraction of sp³-hybridized carbons (Fsp3) is 0.176. The number of nitrogens with zero attached hydrogens (tertiary/aromatic N) is 2. The van der Waals surface area contributed by atoms with Crippen LogP contribution in [0.15, 0.2) is 51.7 Å². The number of sulfone groups is 1. The standard InChI is InChI=1S/C17H14N2O4S2/c1-11-2-5-13(6-3-11)25(20,21)17-18-16(19-24-17)12-4-7-14-15(10-12)23-9-8-22-14/h2-7,10H,8-9H2,1H3. The van der Waals surface area contributed by atoms with Crippen molar-refractivity contribution >= 4 is 21.4 Å². The van der Waals surface area contributed by atoms with Gasteiger partial charge in [0.05, 0.1) is 4.90 Å². The quantitative estimate of drug-likeness (QED) is 0.701. The summed E-state index contributed by atoms with van der Waals surface area (Å²) in [5.41, 5.74) is 1.68. The van der Waals surface area contributed by atoms with E-state index in [2.05, 4.69) is 9.36 Å². The van der Waals surface area contributed by atoms with Gasteiger partial charge < -0.3 is 9.47 Å². The smallest absolute Gasteiger partial charge is 0.235 e. The highest BCUT2D eigenvalue weighted by Crippen LogP contribution is 2.34. The van der Waals surface area contributed by atoms with Crippen molar-refractivity contribution in [3.8, 4) is 22.9 Å². The third kappa shape index (κ3) is 2.98. The van der Waals surface area contributed by atoms with Crippen LogP contribution in [-0.2, 0) is 9.84 Å². The van der Waals surface area contributed by atoms with Crippen LogP contribution in [0.4, 0.5) is 0 Å². The van der Waals surface area contributed by atoms with Gasteiger partial charge in [-0.3, -0.25) is 0 Å². The normalized spacial score (nSPS) is 13.6. The van der Waals surface area contributed by atoms with Crippen LogP contribution in [-0.4, -0.2) is 31.0 Å². The first kappa shape index (κ1) is 16.0. The van der Waals surface area contributed by atoms with Gasteiger partial charge in [-0.05, 0) is 48.8 Å². The Morgan fingerprint density at radius 1 is 1.00 bits per heavy atom. The van der Waals surface area contributed by atoms with Crippen molar-refractivity contribution in [3.05, 3.63) is 48.0 Å². The van der Waals surface area contributed by atoms with Gasteiger partial charge in [-0.1, -0.05) is 17.7 Å². The van der Waals surface area contributed by atoms with Crippen LogP contribution in [0.5, 0.6) is 11.5 Å². The Morgan fingerprint density at radius 3 is 2.48 bits per heavy atom. The number of benzene rings is 2. The number of hydrogen-bond donors (Lipinski definition) is 0. The minimum absolute atomic E-state index is 0.0266. The number of aryl methyl sites for hydroxylation is 1. The molecule has 25 heavy (non-hydrogen) atoms. The topological polar surface area (TPSA) is 78.4 Å². The van der Waals surface area contributed by atoms with Gasteiger partial charge in [0.1, 0.15) is 13.2 Å². The zero-order valence-corrected chi connectivity index (χ0v) is 14.9. The Bertz CT molecular complexity index is 1030. The fourth-order valence-corrected chi connectivity index (χ4v) is 4.57. The molecule has 128 valence electrons. The largest absolute Gasteiger partial charge is 0.486 e. The lowest BCUT2D eigenvalue weighted by Crippen LogP contribution is -2.15. The van der Waals surface area contributed by atoms with E-state index < -0.39 is 9.84 Å². The van der Waals surface area contributed by atoms with Crippen molar-refractivity contribution in [1.82, 2.24) is 9.36 Å². The molecule has 2 aromatic carbocycles.